The summed E-state index contributed by atoms with van der Waals surface area (Å²) in [4.78, 5) is 14.2. The average molecular weight is 290 g/mol. The second-order valence-electron chi connectivity index (χ2n) is 5.15. The molecular weight excluding hydrogens is 266 g/mol. The summed E-state index contributed by atoms with van der Waals surface area (Å²) in [5, 5.41) is 0.788. The van der Waals surface area contributed by atoms with Gasteiger partial charge in [0.05, 0.1) is 0 Å². The van der Waals surface area contributed by atoms with Crippen LogP contribution in [0.25, 0.3) is 0 Å². The fraction of sp³-hybridized carbons (Fsp3) is 0.923. The highest BCUT2D eigenvalue weighted by Crippen LogP contribution is 2.24. The van der Waals surface area contributed by atoms with Gasteiger partial charge in [0.1, 0.15) is 0 Å². The smallest absolute Gasteiger partial charge is 0.223 e. The summed E-state index contributed by atoms with van der Waals surface area (Å²) in [5.74, 6) is 1.02. The molecular formula is C13H24BrNO. The van der Waals surface area contributed by atoms with Crippen LogP contribution in [-0.4, -0.2) is 28.7 Å². The van der Waals surface area contributed by atoms with Crippen LogP contribution in [0.5, 0.6) is 0 Å². The molecule has 16 heavy (non-hydrogen) atoms. The summed E-state index contributed by atoms with van der Waals surface area (Å²) in [7, 11) is 0. The first-order valence-corrected chi connectivity index (χ1v) is 7.62. The van der Waals surface area contributed by atoms with Crippen LogP contribution < -0.4 is 0 Å². The van der Waals surface area contributed by atoms with Crippen molar-refractivity contribution in [1.29, 1.82) is 0 Å². The molecule has 2 nitrogen and oxygen atoms in total. The maximum Gasteiger partial charge on any atom is 0.223 e. The zero-order valence-electron chi connectivity index (χ0n) is 10.5. The number of alkyl halides is 1. The first-order valence-electron chi connectivity index (χ1n) is 6.50. The van der Waals surface area contributed by atoms with Gasteiger partial charge in [0.2, 0.25) is 5.91 Å². The van der Waals surface area contributed by atoms with Gasteiger partial charge >= 0.3 is 0 Å². The molecule has 0 spiro atoms. The van der Waals surface area contributed by atoms with E-state index in [-0.39, 0.29) is 0 Å². The molecule has 0 aromatic rings. The van der Waals surface area contributed by atoms with Crippen LogP contribution in [-0.2, 0) is 4.79 Å². The Morgan fingerprint density at radius 1 is 1.38 bits per heavy atom. The van der Waals surface area contributed by atoms with E-state index >= 15 is 0 Å². The molecule has 1 amide bonds. The van der Waals surface area contributed by atoms with Gasteiger partial charge in [-0.05, 0) is 25.2 Å². The Morgan fingerprint density at radius 2 is 2.00 bits per heavy atom. The lowest BCUT2D eigenvalue weighted by Gasteiger charge is -2.29. The van der Waals surface area contributed by atoms with Crippen molar-refractivity contribution in [2.75, 3.05) is 11.9 Å². The van der Waals surface area contributed by atoms with Gasteiger partial charge in [-0.3, -0.25) is 4.79 Å². The average Bonchev–Trinajstić information content (AvgIpc) is 2.71. The Balaban J connectivity index is 2.49. The molecule has 0 radical (unpaired) electrons. The van der Waals surface area contributed by atoms with Crippen molar-refractivity contribution in [1.82, 2.24) is 4.90 Å². The van der Waals surface area contributed by atoms with Crippen molar-refractivity contribution < 1.29 is 4.79 Å². The summed E-state index contributed by atoms with van der Waals surface area (Å²) >= 11 is 3.36. The quantitative estimate of drug-likeness (QED) is 0.685. The van der Waals surface area contributed by atoms with Crippen LogP contribution in [0.15, 0.2) is 0 Å². The van der Waals surface area contributed by atoms with Crippen molar-refractivity contribution in [2.45, 2.75) is 58.4 Å². The number of rotatable bonds is 6. The van der Waals surface area contributed by atoms with E-state index < -0.39 is 0 Å². The summed E-state index contributed by atoms with van der Waals surface area (Å²) in [6, 6.07) is 0.533. The highest BCUT2D eigenvalue weighted by Gasteiger charge is 2.25. The highest BCUT2D eigenvalue weighted by molar-refractivity contribution is 9.09. The Kier molecular flexibility index (Phi) is 6.40. The van der Waals surface area contributed by atoms with Gasteiger partial charge in [0.15, 0.2) is 0 Å². The minimum Gasteiger partial charge on any atom is -0.340 e. The Bertz CT molecular complexity index is 212. The molecule has 0 unspecified atom stereocenters. The minimum atomic E-state index is 0.337. The second-order valence-corrected chi connectivity index (χ2v) is 5.94. The van der Waals surface area contributed by atoms with Crippen LogP contribution in [0.2, 0.25) is 0 Å². The zero-order chi connectivity index (χ0) is 12.0. The molecule has 0 saturated heterocycles. The van der Waals surface area contributed by atoms with Crippen molar-refractivity contribution in [2.24, 2.45) is 5.92 Å². The summed E-state index contributed by atoms with van der Waals surface area (Å²) < 4.78 is 0. The van der Waals surface area contributed by atoms with Crippen LogP contribution in [0.3, 0.4) is 0 Å². The van der Waals surface area contributed by atoms with E-state index in [1.54, 1.807) is 0 Å². The van der Waals surface area contributed by atoms with Gasteiger partial charge in [-0.25, -0.2) is 0 Å². The molecule has 0 atom stereocenters. The van der Waals surface area contributed by atoms with Crippen molar-refractivity contribution in [3.05, 3.63) is 0 Å². The van der Waals surface area contributed by atoms with Crippen LogP contribution in [0, 0.1) is 5.92 Å². The number of hydrogen-bond donors (Lipinski definition) is 0. The maximum atomic E-state index is 12.0. The number of nitrogens with zero attached hydrogens (tertiary/aromatic N) is 1. The second kappa shape index (κ2) is 7.31. The molecule has 1 fully saturated rings. The first-order chi connectivity index (χ1) is 7.65. The lowest BCUT2D eigenvalue weighted by molar-refractivity contribution is -0.133. The third kappa shape index (κ3) is 4.44. The van der Waals surface area contributed by atoms with Gasteiger partial charge in [-0.2, -0.15) is 0 Å². The van der Waals surface area contributed by atoms with Crippen molar-refractivity contribution >= 4 is 21.8 Å². The third-order valence-electron chi connectivity index (χ3n) is 3.34. The van der Waals surface area contributed by atoms with Crippen LogP contribution in [0.4, 0.5) is 0 Å². The van der Waals surface area contributed by atoms with E-state index in [0.29, 0.717) is 24.3 Å². The molecule has 1 saturated carbocycles. The summed E-state index contributed by atoms with van der Waals surface area (Å²) in [6.07, 6.45) is 6.80. The standard InChI is InChI=1S/C13H24BrNO/c1-11(2)8-10-15(13(16)7-9-14)12-5-3-4-6-12/h11-12H,3-10H2,1-2H3. The van der Waals surface area contributed by atoms with Crippen LogP contribution >= 0.6 is 15.9 Å². The van der Waals surface area contributed by atoms with E-state index in [1.165, 1.54) is 25.7 Å². The summed E-state index contributed by atoms with van der Waals surface area (Å²) in [5.41, 5.74) is 0. The summed E-state index contributed by atoms with van der Waals surface area (Å²) in [6.45, 7) is 5.40. The molecule has 1 rings (SSSR count). The van der Waals surface area contributed by atoms with Gasteiger partial charge in [0, 0.05) is 24.3 Å². The minimum absolute atomic E-state index is 0.337. The number of amides is 1. The molecule has 0 heterocycles. The van der Waals surface area contributed by atoms with E-state index in [0.717, 1.165) is 18.3 Å². The third-order valence-corrected chi connectivity index (χ3v) is 3.74. The van der Waals surface area contributed by atoms with Crippen LogP contribution in [0.1, 0.15) is 52.4 Å². The predicted octanol–water partition coefficient (Wildman–Crippen LogP) is 3.59. The Morgan fingerprint density at radius 3 is 2.50 bits per heavy atom. The van der Waals surface area contributed by atoms with E-state index in [9.17, 15) is 4.79 Å². The van der Waals surface area contributed by atoms with E-state index in [2.05, 4.69) is 34.7 Å². The van der Waals surface area contributed by atoms with E-state index in [4.69, 9.17) is 0 Å². The maximum absolute atomic E-state index is 12.0. The van der Waals surface area contributed by atoms with Crippen molar-refractivity contribution in [3.63, 3.8) is 0 Å². The van der Waals surface area contributed by atoms with E-state index in [1.807, 2.05) is 0 Å². The lowest BCUT2D eigenvalue weighted by Crippen LogP contribution is -2.40. The van der Waals surface area contributed by atoms with Gasteiger partial charge in [-0.1, -0.05) is 42.6 Å². The fourth-order valence-electron chi connectivity index (χ4n) is 2.35. The van der Waals surface area contributed by atoms with Crippen molar-refractivity contribution in [3.8, 4) is 0 Å². The molecule has 1 aliphatic carbocycles. The number of halogens is 1. The molecule has 0 aliphatic heterocycles. The molecule has 3 heteroatoms. The van der Waals surface area contributed by atoms with Gasteiger partial charge in [0.25, 0.3) is 0 Å². The largest absolute Gasteiger partial charge is 0.340 e. The molecule has 94 valence electrons. The molecule has 0 aromatic heterocycles. The SMILES string of the molecule is CC(C)CCN(C(=O)CCBr)C1CCCC1. The van der Waals surface area contributed by atoms with Gasteiger partial charge in [-0.15, -0.1) is 0 Å². The molecule has 0 bridgehead atoms. The molecule has 0 N–H and O–H groups in total. The number of carbonyl (C=O) groups is 1. The first kappa shape index (κ1) is 14.0. The Labute approximate surface area is 108 Å². The normalized spacial score (nSPS) is 17.0. The zero-order valence-corrected chi connectivity index (χ0v) is 12.1. The fourth-order valence-corrected chi connectivity index (χ4v) is 2.69. The topological polar surface area (TPSA) is 20.3 Å². The predicted molar refractivity (Wildman–Crippen MR) is 71.8 cm³/mol. The molecule has 1 aliphatic rings. The van der Waals surface area contributed by atoms with Gasteiger partial charge < -0.3 is 4.90 Å². The number of carbonyl (C=O) groups excluding carboxylic acids is 1. The Hall–Kier alpha value is -0.0500. The lowest BCUT2D eigenvalue weighted by atomic mass is 10.1. The highest BCUT2D eigenvalue weighted by atomic mass is 79.9. The monoisotopic (exact) mass is 289 g/mol. The molecule has 0 aromatic carbocycles. The number of hydrogen-bond acceptors (Lipinski definition) is 1.